The molecule has 1 aromatic heterocycles. The number of nitrogens with zero attached hydrogens (tertiary/aromatic N) is 2. The molecule has 0 unspecified atom stereocenters. The average Bonchev–Trinajstić information content (AvgIpc) is 2.76. The van der Waals surface area contributed by atoms with Gasteiger partial charge in [0, 0.05) is 23.7 Å². The van der Waals surface area contributed by atoms with Crippen LogP contribution in [0.25, 0.3) is 0 Å². The molecule has 78 valence electrons. The van der Waals surface area contributed by atoms with Crippen molar-refractivity contribution in [3.8, 4) is 0 Å². The first kappa shape index (κ1) is 10.1. The van der Waals surface area contributed by atoms with Crippen LogP contribution in [-0.2, 0) is 6.54 Å². The van der Waals surface area contributed by atoms with Crippen molar-refractivity contribution in [3.05, 3.63) is 16.1 Å². The quantitative estimate of drug-likeness (QED) is 0.823. The van der Waals surface area contributed by atoms with Crippen LogP contribution in [0.5, 0.6) is 0 Å². The highest BCUT2D eigenvalue weighted by atomic mass is 32.1. The molecule has 0 aromatic carbocycles. The maximum atomic E-state index is 9.17. The predicted molar refractivity (Wildman–Crippen MR) is 57.4 cm³/mol. The van der Waals surface area contributed by atoms with Gasteiger partial charge in [-0.3, -0.25) is 4.90 Å². The van der Waals surface area contributed by atoms with Crippen molar-refractivity contribution in [1.29, 1.82) is 0 Å². The van der Waals surface area contributed by atoms with Crippen LogP contribution in [0.1, 0.15) is 22.7 Å². The highest BCUT2D eigenvalue weighted by Gasteiger charge is 2.23. The molecule has 1 aliphatic heterocycles. The molecular weight excluding hydrogens is 196 g/mol. The van der Waals surface area contributed by atoms with Crippen molar-refractivity contribution < 1.29 is 5.11 Å². The Morgan fingerprint density at radius 1 is 1.71 bits per heavy atom. The number of aromatic nitrogens is 1. The van der Waals surface area contributed by atoms with Gasteiger partial charge >= 0.3 is 0 Å². The van der Waals surface area contributed by atoms with E-state index in [1.54, 1.807) is 11.3 Å². The van der Waals surface area contributed by atoms with E-state index in [0.717, 1.165) is 24.5 Å². The Balaban J connectivity index is 1.96. The first-order chi connectivity index (χ1) is 6.79. The molecule has 1 N–H and O–H groups in total. The van der Waals surface area contributed by atoms with Gasteiger partial charge in [0.2, 0.25) is 0 Å². The zero-order valence-electron chi connectivity index (χ0n) is 8.44. The van der Waals surface area contributed by atoms with E-state index in [1.807, 2.05) is 13.1 Å². The van der Waals surface area contributed by atoms with Crippen LogP contribution in [0.3, 0.4) is 0 Å². The molecule has 0 saturated carbocycles. The molecule has 0 spiro atoms. The molecule has 0 radical (unpaired) electrons. The van der Waals surface area contributed by atoms with E-state index >= 15 is 0 Å². The summed E-state index contributed by atoms with van der Waals surface area (Å²) in [5, 5.41) is 10.3. The van der Waals surface area contributed by atoms with Crippen LogP contribution < -0.4 is 0 Å². The van der Waals surface area contributed by atoms with Gasteiger partial charge in [-0.05, 0) is 26.3 Å². The van der Waals surface area contributed by atoms with Crippen molar-refractivity contribution in [3.63, 3.8) is 0 Å². The third-order valence-corrected chi connectivity index (χ3v) is 3.64. The second-order valence-electron chi connectivity index (χ2n) is 3.79. The minimum atomic E-state index is 0.289. The Labute approximate surface area is 88.4 Å². The second-order valence-corrected chi connectivity index (χ2v) is 5.11. The van der Waals surface area contributed by atoms with Crippen molar-refractivity contribution in [2.75, 3.05) is 13.2 Å². The normalized spacial score (nSPS) is 23.1. The predicted octanol–water partition coefficient (Wildman–Crippen LogP) is 1.41. The van der Waals surface area contributed by atoms with Crippen molar-refractivity contribution >= 4 is 11.3 Å². The lowest BCUT2D eigenvalue weighted by Gasteiger charge is -2.21. The fourth-order valence-electron chi connectivity index (χ4n) is 1.99. The molecule has 1 aliphatic rings. The summed E-state index contributed by atoms with van der Waals surface area (Å²) in [5.41, 5.74) is 0. The molecular formula is C10H16N2OS. The van der Waals surface area contributed by atoms with Crippen molar-refractivity contribution in [2.45, 2.75) is 32.4 Å². The van der Waals surface area contributed by atoms with Crippen LogP contribution in [-0.4, -0.2) is 34.2 Å². The zero-order chi connectivity index (χ0) is 9.97. The fourth-order valence-corrected chi connectivity index (χ4v) is 2.81. The summed E-state index contributed by atoms with van der Waals surface area (Å²) in [6.45, 7) is 4.39. The largest absolute Gasteiger partial charge is 0.395 e. The van der Waals surface area contributed by atoms with Crippen molar-refractivity contribution in [2.24, 2.45) is 0 Å². The highest BCUT2D eigenvalue weighted by Crippen LogP contribution is 2.21. The van der Waals surface area contributed by atoms with E-state index in [0.29, 0.717) is 6.04 Å². The Morgan fingerprint density at radius 3 is 3.21 bits per heavy atom. The molecule has 1 fully saturated rings. The van der Waals surface area contributed by atoms with Gasteiger partial charge in [-0.2, -0.15) is 0 Å². The summed E-state index contributed by atoms with van der Waals surface area (Å²) in [6, 6.07) is 0.373. The van der Waals surface area contributed by atoms with Gasteiger partial charge in [-0.15, -0.1) is 11.3 Å². The fraction of sp³-hybridized carbons (Fsp3) is 0.700. The van der Waals surface area contributed by atoms with Gasteiger partial charge in [0.1, 0.15) is 0 Å². The number of rotatable bonds is 3. The average molecular weight is 212 g/mol. The summed E-state index contributed by atoms with van der Waals surface area (Å²) in [7, 11) is 0. The Kier molecular flexibility index (Phi) is 3.15. The summed E-state index contributed by atoms with van der Waals surface area (Å²) in [4.78, 5) is 7.90. The van der Waals surface area contributed by atoms with Crippen LogP contribution in [0.4, 0.5) is 0 Å². The second kappa shape index (κ2) is 4.38. The van der Waals surface area contributed by atoms with Gasteiger partial charge < -0.3 is 5.11 Å². The number of aryl methyl sites for hydroxylation is 1. The molecule has 1 aromatic rings. The number of thiazole rings is 1. The molecule has 1 atom stereocenters. The number of hydrogen-bond donors (Lipinski definition) is 1. The van der Waals surface area contributed by atoms with Crippen LogP contribution >= 0.6 is 11.3 Å². The van der Waals surface area contributed by atoms with Gasteiger partial charge in [-0.1, -0.05) is 0 Å². The Hall–Kier alpha value is -0.450. The lowest BCUT2D eigenvalue weighted by molar-refractivity contribution is 0.154. The first-order valence-corrected chi connectivity index (χ1v) is 5.87. The van der Waals surface area contributed by atoms with E-state index in [2.05, 4.69) is 9.88 Å². The van der Waals surface area contributed by atoms with E-state index in [9.17, 15) is 0 Å². The third kappa shape index (κ3) is 2.13. The maximum absolute atomic E-state index is 9.17. The summed E-state index contributed by atoms with van der Waals surface area (Å²) in [5.74, 6) is 0. The number of likely N-dealkylation sites (tertiary alicyclic amines) is 1. The van der Waals surface area contributed by atoms with Gasteiger partial charge in [0.25, 0.3) is 0 Å². The van der Waals surface area contributed by atoms with E-state index in [4.69, 9.17) is 5.11 Å². The molecule has 0 amide bonds. The maximum Gasteiger partial charge on any atom is 0.0897 e. The lowest BCUT2D eigenvalue weighted by atomic mass is 10.2. The first-order valence-electron chi connectivity index (χ1n) is 5.06. The Bertz CT molecular complexity index is 300. The molecule has 14 heavy (non-hydrogen) atoms. The lowest BCUT2D eigenvalue weighted by Crippen LogP contribution is -2.31. The monoisotopic (exact) mass is 212 g/mol. The molecule has 1 saturated heterocycles. The number of aliphatic hydroxyl groups is 1. The van der Waals surface area contributed by atoms with Crippen molar-refractivity contribution in [1.82, 2.24) is 9.88 Å². The summed E-state index contributed by atoms with van der Waals surface area (Å²) < 4.78 is 0. The topological polar surface area (TPSA) is 36.4 Å². The molecule has 0 aliphatic carbocycles. The van der Waals surface area contributed by atoms with E-state index in [-0.39, 0.29) is 6.61 Å². The van der Waals surface area contributed by atoms with E-state index < -0.39 is 0 Å². The Morgan fingerprint density at radius 2 is 2.57 bits per heavy atom. The standard InChI is InChI=1S/C10H16N2OS/c1-8-11-5-10(14-8)6-12-4-2-3-9(12)7-13/h5,9,13H,2-4,6-7H2,1H3/t9-/m0/s1. The minimum absolute atomic E-state index is 0.289. The molecule has 2 heterocycles. The summed E-state index contributed by atoms with van der Waals surface area (Å²) in [6.07, 6.45) is 4.30. The molecule has 2 rings (SSSR count). The molecule has 3 nitrogen and oxygen atoms in total. The van der Waals surface area contributed by atoms with Crippen LogP contribution in [0.15, 0.2) is 6.20 Å². The number of hydrogen-bond acceptors (Lipinski definition) is 4. The highest BCUT2D eigenvalue weighted by molar-refractivity contribution is 7.11. The SMILES string of the molecule is Cc1ncc(CN2CCC[C@H]2CO)s1. The number of aliphatic hydroxyl groups excluding tert-OH is 1. The third-order valence-electron chi connectivity index (χ3n) is 2.74. The minimum Gasteiger partial charge on any atom is -0.395 e. The van der Waals surface area contributed by atoms with Crippen LogP contribution in [0.2, 0.25) is 0 Å². The molecule has 0 bridgehead atoms. The van der Waals surface area contributed by atoms with Gasteiger partial charge in [-0.25, -0.2) is 4.98 Å². The summed E-state index contributed by atoms with van der Waals surface area (Å²) >= 11 is 1.75. The van der Waals surface area contributed by atoms with E-state index in [1.165, 1.54) is 11.3 Å². The molecule has 4 heteroatoms. The zero-order valence-corrected chi connectivity index (χ0v) is 9.26. The van der Waals surface area contributed by atoms with Crippen LogP contribution in [0, 0.1) is 6.92 Å². The smallest absolute Gasteiger partial charge is 0.0897 e. The van der Waals surface area contributed by atoms with Gasteiger partial charge in [0.05, 0.1) is 11.6 Å². The van der Waals surface area contributed by atoms with Gasteiger partial charge in [0.15, 0.2) is 0 Å².